The van der Waals surface area contributed by atoms with Crippen LogP contribution in [-0.2, 0) is 21.4 Å². The molecule has 0 aromatic carbocycles. The van der Waals surface area contributed by atoms with Crippen molar-refractivity contribution in [3.63, 3.8) is 0 Å². The lowest BCUT2D eigenvalue weighted by Gasteiger charge is -2.21. The van der Waals surface area contributed by atoms with Gasteiger partial charge in [-0.05, 0) is 12.8 Å². The van der Waals surface area contributed by atoms with Crippen molar-refractivity contribution in [2.45, 2.75) is 42.7 Å². The fraction of sp³-hybridized carbons (Fsp3) is 0.636. The molecule has 20 heavy (non-hydrogen) atoms. The Morgan fingerprint density at radius 1 is 1.45 bits per heavy atom. The molecule has 0 bridgehead atoms. The number of carbonyl (C=O) groups is 1. The third-order valence-corrected chi connectivity index (χ3v) is 4.70. The van der Waals surface area contributed by atoms with Crippen LogP contribution in [-0.4, -0.2) is 46.5 Å². The maximum Gasteiger partial charge on any atom is 0.325 e. The minimum atomic E-state index is -3.79. The summed E-state index contributed by atoms with van der Waals surface area (Å²) in [6, 6.07) is 0. The number of sulfonamides is 1. The van der Waals surface area contributed by atoms with Crippen LogP contribution in [0.2, 0.25) is 0 Å². The van der Waals surface area contributed by atoms with Crippen molar-refractivity contribution in [2.24, 2.45) is 0 Å². The third kappa shape index (κ3) is 3.56. The van der Waals surface area contributed by atoms with Gasteiger partial charge in [-0.25, -0.2) is 13.1 Å². The van der Waals surface area contributed by atoms with Crippen molar-refractivity contribution < 1.29 is 23.4 Å². The average Bonchev–Trinajstić information content (AvgIpc) is 2.97. The Kier molecular flexibility index (Phi) is 4.11. The van der Waals surface area contributed by atoms with Gasteiger partial charge in [-0.2, -0.15) is 5.10 Å². The Morgan fingerprint density at radius 3 is 2.70 bits per heavy atom. The molecule has 2 rings (SSSR count). The highest BCUT2D eigenvalue weighted by atomic mass is 32.2. The van der Waals surface area contributed by atoms with E-state index in [1.165, 1.54) is 0 Å². The SMILES string of the molecule is O=C(O)Cn1cc(S(=O)(=O)NCC2(O)CCCC2)cn1. The highest BCUT2D eigenvalue weighted by Crippen LogP contribution is 2.28. The first-order valence-electron chi connectivity index (χ1n) is 6.27. The molecule has 1 aliphatic carbocycles. The number of hydrogen-bond acceptors (Lipinski definition) is 5. The molecule has 0 unspecified atom stereocenters. The highest BCUT2D eigenvalue weighted by molar-refractivity contribution is 7.89. The number of nitrogens with zero attached hydrogens (tertiary/aromatic N) is 2. The molecule has 1 aliphatic rings. The summed E-state index contributed by atoms with van der Waals surface area (Å²) in [5.74, 6) is -1.11. The van der Waals surface area contributed by atoms with E-state index in [1.54, 1.807) is 0 Å². The van der Waals surface area contributed by atoms with Gasteiger partial charge in [-0.15, -0.1) is 0 Å². The van der Waals surface area contributed by atoms with Crippen LogP contribution in [0.1, 0.15) is 25.7 Å². The van der Waals surface area contributed by atoms with E-state index in [0.29, 0.717) is 12.8 Å². The van der Waals surface area contributed by atoms with Crippen LogP contribution in [0, 0.1) is 0 Å². The van der Waals surface area contributed by atoms with Crippen molar-refractivity contribution >= 4 is 16.0 Å². The monoisotopic (exact) mass is 303 g/mol. The van der Waals surface area contributed by atoms with Crippen LogP contribution in [0.4, 0.5) is 0 Å². The number of carboxylic acids is 1. The van der Waals surface area contributed by atoms with E-state index in [-0.39, 0.29) is 11.4 Å². The van der Waals surface area contributed by atoms with E-state index in [2.05, 4.69) is 9.82 Å². The molecular formula is C11H17N3O5S. The Hall–Kier alpha value is -1.45. The second-order valence-corrected chi connectivity index (χ2v) is 6.79. The zero-order valence-electron chi connectivity index (χ0n) is 10.8. The number of rotatable bonds is 6. The molecule has 9 heteroatoms. The van der Waals surface area contributed by atoms with Crippen molar-refractivity contribution in [3.8, 4) is 0 Å². The molecule has 0 saturated heterocycles. The number of nitrogens with one attached hydrogen (secondary N) is 1. The van der Waals surface area contributed by atoms with Crippen LogP contribution >= 0.6 is 0 Å². The summed E-state index contributed by atoms with van der Waals surface area (Å²) >= 11 is 0. The van der Waals surface area contributed by atoms with Crippen LogP contribution in [0.3, 0.4) is 0 Å². The minimum Gasteiger partial charge on any atom is -0.480 e. The molecule has 3 N–H and O–H groups in total. The van der Waals surface area contributed by atoms with Gasteiger partial charge >= 0.3 is 5.97 Å². The number of aliphatic carboxylic acids is 1. The molecule has 1 aromatic rings. The molecule has 0 spiro atoms. The summed E-state index contributed by atoms with van der Waals surface area (Å²) in [6.45, 7) is -0.446. The second kappa shape index (κ2) is 5.51. The first kappa shape index (κ1) is 14.9. The summed E-state index contributed by atoms with van der Waals surface area (Å²) in [6.07, 6.45) is 5.16. The van der Waals surface area contributed by atoms with E-state index in [1.807, 2.05) is 0 Å². The molecule has 0 radical (unpaired) electrons. The summed E-state index contributed by atoms with van der Waals surface area (Å²) in [4.78, 5) is 10.4. The van der Waals surface area contributed by atoms with E-state index in [9.17, 15) is 18.3 Å². The number of hydrogen-bond donors (Lipinski definition) is 3. The highest BCUT2D eigenvalue weighted by Gasteiger charge is 2.32. The lowest BCUT2D eigenvalue weighted by molar-refractivity contribution is -0.137. The molecule has 1 fully saturated rings. The van der Waals surface area contributed by atoms with Crippen molar-refractivity contribution in [1.82, 2.24) is 14.5 Å². The molecule has 8 nitrogen and oxygen atoms in total. The maximum absolute atomic E-state index is 12.0. The summed E-state index contributed by atoms with van der Waals surface area (Å²) in [7, 11) is -3.79. The molecule has 0 amide bonds. The van der Waals surface area contributed by atoms with Crippen molar-refractivity contribution in [3.05, 3.63) is 12.4 Å². The van der Waals surface area contributed by atoms with Gasteiger partial charge in [0.15, 0.2) is 0 Å². The molecule has 0 atom stereocenters. The predicted molar refractivity (Wildman–Crippen MR) is 68.5 cm³/mol. The number of aromatic nitrogens is 2. The Bertz CT molecular complexity index is 589. The van der Waals surface area contributed by atoms with Gasteiger partial charge in [-0.1, -0.05) is 12.8 Å². The number of aliphatic hydroxyl groups is 1. The van der Waals surface area contributed by atoms with Crippen LogP contribution < -0.4 is 4.72 Å². The van der Waals surface area contributed by atoms with E-state index < -0.39 is 28.1 Å². The summed E-state index contributed by atoms with van der Waals surface area (Å²) in [5, 5.41) is 22.4. The minimum absolute atomic E-state index is 0.0422. The smallest absolute Gasteiger partial charge is 0.325 e. The van der Waals surface area contributed by atoms with Gasteiger partial charge < -0.3 is 10.2 Å². The lowest BCUT2D eigenvalue weighted by Crippen LogP contribution is -2.40. The van der Waals surface area contributed by atoms with Crippen molar-refractivity contribution in [2.75, 3.05) is 6.54 Å². The Balaban J connectivity index is 2.02. The standard InChI is InChI=1S/C11H17N3O5S/c15-10(16)7-14-6-9(5-12-14)20(18,19)13-8-11(17)3-1-2-4-11/h5-6,13,17H,1-4,7-8H2,(H,15,16). The molecule has 112 valence electrons. The maximum atomic E-state index is 12.0. The van der Waals surface area contributed by atoms with E-state index >= 15 is 0 Å². The lowest BCUT2D eigenvalue weighted by atomic mass is 10.0. The molecule has 1 saturated carbocycles. The second-order valence-electron chi connectivity index (χ2n) is 5.02. The average molecular weight is 303 g/mol. The fourth-order valence-electron chi connectivity index (χ4n) is 2.23. The van der Waals surface area contributed by atoms with Gasteiger partial charge in [0.1, 0.15) is 11.4 Å². The molecular weight excluding hydrogens is 286 g/mol. The Labute approximate surface area is 116 Å². The third-order valence-electron chi connectivity index (χ3n) is 3.34. The Morgan fingerprint density at radius 2 is 2.10 bits per heavy atom. The van der Waals surface area contributed by atoms with Gasteiger partial charge in [0.05, 0.1) is 11.8 Å². The first-order chi connectivity index (χ1) is 9.31. The quantitative estimate of drug-likeness (QED) is 0.654. The molecule has 1 heterocycles. The van der Waals surface area contributed by atoms with Crippen molar-refractivity contribution in [1.29, 1.82) is 0 Å². The predicted octanol–water partition coefficient (Wildman–Crippen LogP) is -0.449. The van der Waals surface area contributed by atoms with E-state index in [0.717, 1.165) is 29.9 Å². The fourth-order valence-corrected chi connectivity index (χ4v) is 3.30. The van der Waals surface area contributed by atoms with Crippen LogP contribution in [0.25, 0.3) is 0 Å². The van der Waals surface area contributed by atoms with Gasteiger partial charge in [-0.3, -0.25) is 9.48 Å². The zero-order chi connectivity index (χ0) is 14.8. The summed E-state index contributed by atoms with van der Waals surface area (Å²) < 4.78 is 27.4. The molecule has 1 aromatic heterocycles. The molecule has 0 aliphatic heterocycles. The van der Waals surface area contributed by atoms with Gasteiger partial charge in [0.25, 0.3) is 0 Å². The zero-order valence-corrected chi connectivity index (χ0v) is 11.6. The topological polar surface area (TPSA) is 122 Å². The van der Waals surface area contributed by atoms with Crippen LogP contribution in [0.15, 0.2) is 17.3 Å². The van der Waals surface area contributed by atoms with Gasteiger partial charge in [0.2, 0.25) is 10.0 Å². The van der Waals surface area contributed by atoms with Gasteiger partial charge in [0, 0.05) is 12.7 Å². The largest absolute Gasteiger partial charge is 0.480 e. The first-order valence-corrected chi connectivity index (χ1v) is 7.75. The van der Waals surface area contributed by atoms with E-state index in [4.69, 9.17) is 5.11 Å². The number of carboxylic acid groups (broad SMARTS) is 1. The van der Waals surface area contributed by atoms with Crippen LogP contribution in [0.5, 0.6) is 0 Å². The summed E-state index contributed by atoms with van der Waals surface area (Å²) in [5.41, 5.74) is -0.982. The normalized spacial score (nSPS) is 18.2.